The van der Waals surface area contributed by atoms with Crippen LogP contribution in [0.3, 0.4) is 0 Å². The minimum Gasteiger partial charge on any atom is -0.308 e. The van der Waals surface area contributed by atoms with Crippen LogP contribution in [0.15, 0.2) is 183 Å². The molecule has 0 aliphatic carbocycles. The molecule has 0 saturated carbocycles. The molecule has 11 nitrogen and oxygen atoms in total. The Balaban J connectivity index is 1.28. The number of alkyl halides is 3. The molecule has 6 heterocycles. The highest BCUT2D eigenvalue weighted by Gasteiger charge is 2.36. The zero-order valence-electron chi connectivity index (χ0n) is 35.4. The molecule has 0 saturated heterocycles. The molecule has 14 heteroatoms. The van der Waals surface area contributed by atoms with E-state index < -0.39 is 11.7 Å². The molecule has 0 atom stereocenters. The molecule has 68 heavy (non-hydrogen) atoms. The van der Waals surface area contributed by atoms with E-state index in [1.54, 1.807) is 92.0 Å². The van der Waals surface area contributed by atoms with Crippen molar-refractivity contribution in [2.75, 3.05) is 0 Å². The zero-order valence-corrected chi connectivity index (χ0v) is 35.4. The Labute approximate surface area is 384 Å². The summed E-state index contributed by atoms with van der Waals surface area (Å²) in [4.78, 5) is 36.3. The van der Waals surface area contributed by atoms with Crippen LogP contribution < -0.4 is 0 Å². The monoisotopic (exact) mass is 889 g/mol. The predicted molar refractivity (Wildman–Crippen MR) is 254 cm³/mol. The third-order valence-electron chi connectivity index (χ3n) is 12.0. The standard InChI is InChI=1S/C54H30F3N11/c55-54(56,57)42-8-2-1-7-41(42)49-47(67-43-27-33(50-59-17-3-18-60-50)9-13-37(43)38-14-10-34(28-44(38)67)51-61-19-4-20-62-51)25-32(31-58)26-48(49)68-45-29-35(52-63-21-5-22-64-52)11-15-39(45)40-16-12-36(30-46(40)68)53-65-23-6-24-66-53/h1-30H. The van der Waals surface area contributed by atoms with Crippen molar-refractivity contribution < 1.29 is 13.2 Å². The molecule has 0 aliphatic rings. The van der Waals surface area contributed by atoms with E-state index in [0.717, 1.165) is 27.6 Å². The molecule has 12 aromatic rings. The van der Waals surface area contributed by atoms with Crippen molar-refractivity contribution in [3.05, 3.63) is 194 Å². The minimum atomic E-state index is -4.79. The molecule has 0 fully saturated rings. The van der Waals surface area contributed by atoms with Gasteiger partial charge in [-0.2, -0.15) is 18.4 Å². The summed E-state index contributed by atoms with van der Waals surface area (Å²) in [6.45, 7) is 0. The average molecular weight is 890 g/mol. The second-order valence-corrected chi connectivity index (χ2v) is 15.9. The molecule has 6 aromatic carbocycles. The third-order valence-corrected chi connectivity index (χ3v) is 12.0. The van der Waals surface area contributed by atoms with Gasteiger partial charge in [-0.05, 0) is 72.3 Å². The summed E-state index contributed by atoms with van der Waals surface area (Å²) in [5.74, 6) is 1.83. The third kappa shape index (κ3) is 6.68. The van der Waals surface area contributed by atoms with Crippen LogP contribution in [0.25, 0.3) is 112 Å². The Hall–Kier alpha value is -9.48. The molecule has 0 N–H and O–H groups in total. The first-order valence-electron chi connectivity index (χ1n) is 21.3. The molecule has 6 aromatic heterocycles. The lowest BCUT2D eigenvalue weighted by molar-refractivity contribution is -0.137. The van der Waals surface area contributed by atoms with Crippen LogP contribution in [0, 0.1) is 11.3 Å². The number of nitriles is 1. The number of rotatable bonds is 7. The number of nitrogens with zero attached hydrogens (tertiary/aromatic N) is 11. The van der Waals surface area contributed by atoms with Gasteiger partial charge >= 0.3 is 6.18 Å². The van der Waals surface area contributed by atoms with Crippen LogP contribution in [0.2, 0.25) is 0 Å². The van der Waals surface area contributed by atoms with Crippen molar-refractivity contribution >= 4 is 43.6 Å². The maximum atomic E-state index is 15.7. The number of aromatic nitrogens is 10. The first kappa shape index (κ1) is 40.1. The van der Waals surface area contributed by atoms with Crippen molar-refractivity contribution in [2.45, 2.75) is 6.18 Å². The Kier molecular flexibility index (Phi) is 9.36. The molecule has 0 unspecified atom stereocenters. The SMILES string of the molecule is N#Cc1cc(-n2c3cc(-c4ncccn4)ccc3c3ccc(-c4ncccn4)cc32)c(-c2ccccc2C(F)(F)F)c(-n2c3cc(-c4ncccn4)ccc3c3ccc(-c4ncccn4)cc32)c1. The number of benzene rings is 6. The quantitative estimate of drug-likeness (QED) is 0.153. The molecule has 0 spiro atoms. The van der Waals surface area contributed by atoms with E-state index in [-0.39, 0.29) is 16.7 Å². The van der Waals surface area contributed by atoms with Crippen LogP contribution in [0.5, 0.6) is 0 Å². The Bertz CT molecular complexity index is 3550. The topological polar surface area (TPSA) is 137 Å². The number of hydrogen-bond acceptors (Lipinski definition) is 9. The van der Waals surface area contributed by atoms with Gasteiger partial charge in [0, 0.05) is 98.9 Å². The number of fused-ring (bicyclic) bond motifs is 6. The largest absolute Gasteiger partial charge is 0.417 e. The second-order valence-electron chi connectivity index (χ2n) is 15.9. The highest BCUT2D eigenvalue weighted by atomic mass is 19.4. The van der Waals surface area contributed by atoms with Gasteiger partial charge in [-0.25, -0.2) is 39.9 Å². The molecule has 0 amide bonds. The molecule has 0 radical (unpaired) electrons. The van der Waals surface area contributed by atoms with Crippen LogP contribution in [0.4, 0.5) is 13.2 Å². The van der Waals surface area contributed by atoms with Crippen LogP contribution in [0.1, 0.15) is 11.1 Å². The minimum absolute atomic E-state index is 0.102. The summed E-state index contributed by atoms with van der Waals surface area (Å²) in [5.41, 5.74) is 5.32. The van der Waals surface area contributed by atoms with Gasteiger partial charge in [0.1, 0.15) is 0 Å². The van der Waals surface area contributed by atoms with E-state index in [1.807, 2.05) is 81.9 Å². The second kappa shape index (κ2) is 15.9. The van der Waals surface area contributed by atoms with Crippen LogP contribution >= 0.6 is 0 Å². The lowest BCUT2D eigenvalue weighted by atomic mass is 9.94. The molecular weight excluding hydrogens is 860 g/mol. The lowest BCUT2D eigenvalue weighted by Crippen LogP contribution is -2.11. The van der Waals surface area contributed by atoms with E-state index in [1.165, 1.54) is 12.1 Å². The van der Waals surface area contributed by atoms with Crippen molar-refractivity contribution in [3.63, 3.8) is 0 Å². The Morgan fingerprint density at radius 1 is 0.397 bits per heavy atom. The van der Waals surface area contributed by atoms with Gasteiger partial charge in [0.05, 0.1) is 50.6 Å². The van der Waals surface area contributed by atoms with Gasteiger partial charge in [0.15, 0.2) is 23.3 Å². The average Bonchev–Trinajstić information content (AvgIpc) is 3.90. The summed E-state index contributed by atoms with van der Waals surface area (Å²) in [6.07, 6.45) is 8.43. The summed E-state index contributed by atoms with van der Waals surface area (Å²) in [5, 5.41) is 14.2. The fourth-order valence-corrected chi connectivity index (χ4v) is 9.16. The molecular formula is C54H30F3N11. The highest BCUT2D eigenvalue weighted by molar-refractivity contribution is 6.14. The molecule has 322 valence electrons. The van der Waals surface area contributed by atoms with E-state index in [9.17, 15) is 5.26 Å². The maximum Gasteiger partial charge on any atom is 0.417 e. The van der Waals surface area contributed by atoms with Crippen molar-refractivity contribution in [1.82, 2.24) is 49.0 Å². The van der Waals surface area contributed by atoms with Crippen LogP contribution in [-0.4, -0.2) is 49.0 Å². The summed E-state index contributed by atoms with van der Waals surface area (Å²) < 4.78 is 50.9. The fourth-order valence-electron chi connectivity index (χ4n) is 9.16. The number of hydrogen-bond donors (Lipinski definition) is 0. The van der Waals surface area contributed by atoms with Crippen molar-refractivity contribution in [2.24, 2.45) is 0 Å². The van der Waals surface area contributed by atoms with E-state index >= 15 is 13.2 Å². The van der Waals surface area contributed by atoms with Crippen molar-refractivity contribution in [1.29, 1.82) is 5.26 Å². The van der Waals surface area contributed by atoms with Gasteiger partial charge in [-0.15, -0.1) is 0 Å². The lowest BCUT2D eigenvalue weighted by Gasteiger charge is -2.23. The summed E-state index contributed by atoms with van der Waals surface area (Å²) in [7, 11) is 0. The molecule has 0 aliphatic heterocycles. The van der Waals surface area contributed by atoms with Crippen molar-refractivity contribution in [3.8, 4) is 74.1 Å². The normalized spacial score (nSPS) is 11.7. The fraction of sp³-hybridized carbons (Fsp3) is 0.0185. The smallest absolute Gasteiger partial charge is 0.308 e. The first-order valence-corrected chi connectivity index (χ1v) is 21.3. The maximum absolute atomic E-state index is 15.7. The van der Waals surface area contributed by atoms with Gasteiger partial charge in [-0.3, -0.25) is 0 Å². The Morgan fingerprint density at radius 3 is 1.03 bits per heavy atom. The van der Waals surface area contributed by atoms with Gasteiger partial charge < -0.3 is 9.13 Å². The van der Waals surface area contributed by atoms with Gasteiger partial charge in [-0.1, -0.05) is 66.7 Å². The first-order chi connectivity index (χ1) is 33.3. The zero-order chi connectivity index (χ0) is 45.9. The predicted octanol–water partition coefficient (Wildman–Crippen LogP) is 12.3. The van der Waals surface area contributed by atoms with Crippen LogP contribution in [-0.2, 0) is 6.18 Å². The summed E-state index contributed by atoms with van der Waals surface area (Å²) >= 11 is 0. The highest BCUT2D eigenvalue weighted by Crippen LogP contribution is 2.47. The Morgan fingerprint density at radius 2 is 0.721 bits per heavy atom. The van der Waals surface area contributed by atoms with E-state index in [0.29, 0.717) is 79.0 Å². The molecule has 0 bridgehead atoms. The molecule has 12 rings (SSSR count). The number of halogens is 3. The van der Waals surface area contributed by atoms with E-state index in [2.05, 4.69) is 45.9 Å². The van der Waals surface area contributed by atoms with Gasteiger partial charge in [0.25, 0.3) is 0 Å². The van der Waals surface area contributed by atoms with E-state index in [4.69, 9.17) is 0 Å². The van der Waals surface area contributed by atoms with Gasteiger partial charge in [0.2, 0.25) is 0 Å². The summed E-state index contributed by atoms with van der Waals surface area (Å²) in [6, 6.07) is 41.4.